The highest BCUT2D eigenvalue weighted by Crippen LogP contribution is 2.36. The normalized spacial score (nSPS) is 23.7. The Balaban J connectivity index is 1.10. The fourth-order valence-electron chi connectivity index (χ4n) is 11.9. The molecule has 5 rings (SSSR count). The number of nitrogens with zero attached hydrogens (tertiary/aromatic N) is 2. The number of fused-ring (bicyclic) bond motifs is 2. The van der Waals surface area contributed by atoms with Crippen LogP contribution in [0.2, 0.25) is 0 Å². The number of unbranched alkanes of at least 4 members (excludes halogenated alkanes) is 2. The van der Waals surface area contributed by atoms with Gasteiger partial charge in [-0.2, -0.15) is 0 Å². The maximum absolute atomic E-state index is 14.2. The molecule has 4 saturated heterocycles. The summed E-state index contributed by atoms with van der Waals surface area (Å²) in [7, 11) is 3.30. The monoisotopic (exact) mass is 1200 g/mol. The third-order valence-electron chi connectivity index (χ3n) is 16.9. The summed E-state index contributed by atoms with van der Waals surface area (Å²) in [6, 6.07) is -8.00. The van der Waals surface area contributed by atoms with E-state index in [1.54, 1.807) is 62.7 Å². The molecule has 4 aliphatic rings. The summed E-state index contributed by atoms with van der Waals surface area (Å²) >= 11 is 0. The molecule has 4 fully saturated rings. The summed E-state index contributed by atoms with van der Waals surface area (Å²) in [6.07, 6.45) is 20.3. The molecule has 0 bridgehead atoms. The fraction of sp³-hybridized carbons (Fsp3) is 0.613. The van der Waals surface area contributed by atoms with Crippen molar-refractivity contribution in [3.8, 4) is 0 Å². The number of amides is 8. The van der Waals surface area contributed by atoms with Crippen LogP contribution in [0.5, 0.6) is 0 Å². The first kappa shape index (κ1) is 69.5. The molecule has 0 saturated carbocycles. The Morgan fingerprint density at radius 2 is 0.895 bits per heavy atom. The molecule has 12 N–H and O–H groups in total. The van der Waals surface area contributed by atoms with Gasteiger partial charge in [-0.05, 0) is 129 Å². The van der Waals surface area contributed by atoms with Gasteiger partial charge in [0.15, 0.2) is 0 Å². The molecule has 0 spiro atoms. The van der Waals surface area contributed by atoms with E-state index in [9.17, 15) is 58.2 Å². The Kier molecular flexibility index (Phi) is 28.1. The van der Waals surface area contributed by atoms with Crippen LogP contribution < -0.4 is 64.0 Å². The Morgan fingerprint density at radius 3 is 1.23 bits per heavy atom. The molecule has 4 aliphatic heterocycles. The second-order valence-electron chi connectivity index (χ2n) is 22.6. The molecule has 1 aromatic carbocycles. The van der Waals surface area contributed by atoms with E-state index in [0.717, 1.165) is 0 Å². The van der Waals surface area contributed by atoms with E-state index >= 15 is 0 Å². The smallest absolute Gasteiger partial charge is 0.253 e. The van der Waals surface area contributed by atoms with E-state index in [-0.39, 0.29) is 61.6 Å². The van der Waals surface area contributed by atoms with E-state index in [2.05, 4.69) is 66.3 Å². The molecular formula is C62H94N12O12. The number of aliphatic hydroxyl groups excluding tert-OH is 2. The summed E-state index contributed by atoms with van der Waals surface area (Å²) in [6.45, 7) is 15.8. The molecule has 12 atom stereocenters. The minimum absolute atomic E-state index is 0.144. The van der Waals surface area contributed by atoms with E-state index in [0.29, 0.717) is 114 Å². The molecular weight excluding hydrogens is 1100 g/mol. The summed E-state index contributed by atoms with van der Waals surface area (Å²) in [5.74, 6) is -4.90. The van der Waals surface area contributed by atoms with Crippen LogP contribution in [0.4, 0.5) is 11.4 Å². The topological polar surface area (TPSA) is 338 Å². The number of hydrogen-bond acceptors (Lipinski definition) is 16. The maximum Gasteiger partial charge on any atom is 0.253 e. The summed E-state index contributed by atoms with van der Waals surface area (Å²) in [4.78, 5) is 139. The predicted molar refractivity (Wildman–Crippen MR) is 330 cm³/mol. The zero-order valence-electron chi connectivity index (χ0n) is 51.0. The number of carbonyl (C=O) groups is 8. The summed E-state index contributed by atoms with van der Waals surface area (Å²) in [5, 5.41) is 49.5. The molecule has 8 amide bonds. The van der Waals surface area contributed by atoms with Gasteiger partial charge in [0.25, 0.3) is 10.9 Å². The van der Waals surface area contributed by atoms with Crippen LogP contribution in [0, 0.1) is 11.8 Å². The van der Waals surface area contributed by atoms with E-state index in [1.807, 2.05) is 27.7 Å². The second-order valence-corrected chi connectivity index (χ2v) is 22.6. The first-order valence-electron chi connectivity index (χ1n) is 30.6. The molecule has 0 unspecified atom stereocenters. The second kappa shape index (κ2) is 34.8. The fourth-order valence-corrected chi connectivity index (χ4v) is 11.9. The molecule has 0 aliphatic carbocycles. The van der Waals surface area contributed by atoms with Crippen molar-refractivity contribution in [3.05, 3.63) is 93.4 Å². The van der Waals surface area contributed by atoms with Gasteiger partial charge in [-0.1, -0.05) is 75.6 Å². The average molecular weight is 1200 g/mol. The van der Waals surface area contributed by atoms with E-state index < -0.39 is 106 Å². The molecule has 86 heavy (non-hydrogen) atoms. The third kappa shape index (κ3) is 17.9. The van der Waals surface area contributed by atoms with Gasteiger partial charge >= 0.3 is 0 Å². The molecule has 474 valence electrons. The lowest BCUT2D eigenvalue weighted by Crippen LogP contribution is -2.59. The van der Waals surface area contributed by atoms with Gasteiger partial charge in [0, 0.05) is 63.3 Å². The van der Waals surface area contributed by atoms with Crippen LogP contribution in [0.25, 0.3) is 0 Å². The zero-order chi connectivity index (χ0) is 63.0. The minimum atomic E-state index is -1.19. The highest BCUT2D eigenvalue weighted by atomic mass is 16.3. The molecule has 24 nitrogen and oxygen atoms in total. The Hall–Kier alpha value is -7.28. The largest absolute Gasteiger partial charge is 0.396 e. The Bertz CT molecular complexity index is 2560. The van der Waals surface area contributed by atoms with Crippen LogP contribution in [0.3, 0.4) is 0 Å². The van der Waals surface area contributed by atoms with E-state index in [1.165, 1.54) is 9.80 Å². The van der Waals surface area contributed by atoms with Crippen molar-refractivity contribution in [3.63, 3.8) is 0 Å². The van der Waals surface area contributed by atoms with Crippen molar-refractivity contribution >= 4 is 58.6 Å². The highest BCUT2D eigenvalue weighted by Gasteiger charge is 2.50. The van der Waals surface area contributed by atoms with Crippen LogP contribution >= 0.6 is 0 Å². The van der Waals surface area contributed by atoms with Gasteiger partial charge in [0.2, 0.25) is 47.3 Å². The lowest BCUT2D eigenvalue weighted by molar-refractivity contribution is -0.144. The van der Waals surface area contributed by atoms with Crippen LogP contribution in [0.15, 0.2) is 82.5 Å². The van der Waals surface area contributed by atoms with Crippen LogP contribution in [0.1, 0.15) is 118 Å². The summed E-state index contributed by atoms with van der Waals surface area (Å²) in [5.41, 5.74) is -0.452. The van der Waals surface area contributed by atoms with Gasteiger partial charge < -0.3 is 73.2 Å². The average Bonchev–Trinajstić information content (AvgIpc) is 2.11. The van der Waals surface area contributed by atoms with Gasteiger partial charge in [-0.25, -0.2) is 0 Å². The molecule has 4 heterocycles. The van der Waals surface area contributed by atoms with E-state index in [4.69, 9.17) is 0 Å². The van der Waals surface area contributed by atoms with Gasteiger partial charge in [0.05, 0.1) is 12.1 Å². The Labute approximate surface area is 505 Å². The van der Waals surface area contributed by atoms with Crippen molar-refractivity contribution < 1.29 is 48.6 Å². The number of anilines is 2. The van der Waals surface area contributed by atoms with Gasteiger partial charge in [0.1, 0.15) is 47.6 Å². The van der Waals surface area contributed by atoms with Gasteiger partial charge in [-0.15, -0.1) is 0 Å². The SMILES string of the molecule is C=C(/C=C\C=C/C)[C@H](NC(=O)[C@@H]1CC[C@@H]2CC[C@H](CO)[C@H](NC(=O)[C@H](CC)NC)C(=O)N21)C(=O)NCCCCNc1c(NCCCCNC(=O)[C@@H](NC(=O)[C@@H]2CC[C@@H]3CC[C@H](CO)[C@H](NC(=O)[C@H](CC)NC)C(=O)N32)C(=C)/C=C\C=C/C)c(=O)c1=O. The lowest BCUT2D eigenvalue weighted by Gasteiger charge is -2.33. The molecule has 24 heteroatoms. The number of rotatable bonds is 34. The zero-order valence-corrected chi connectivity index (χ0v) is 51.0. The van der Waals surface area contributed by atoms with Crippen LogP contribution in [-0.2, 0) is 38.4 Å². The highest BCUT2D eigenvalue weighted by molar-refractivity contribution is 5.98. The number of likely N-dealkylation sites (N-methyl/N-ethyl adjacent to an activating group) is 2. The molecule has 0 aromatic heterocycles. The van der Waals surface area contributed by atoms with Crippen molar-refractivity contribution in [2.75, 3.05) is 64.1 Å². The van der Waals surface area contributed by atoms with Crippen molar-refractivity contribution in [1.29, 1.82) is 0 Å². The quantitative estimate of drug-likeness (QED) is 0.0257. The standard InChI is InChI=1S/C62H94N12O12/c1-9-13-15-21-37(5)47(69-57(81)45-29-27-41-25-23-39(35-75)49(61(85)73(41)45)71-55(79)43(11-3)63-7)59(83)67-33-19-17-31-65-51-52(54(78)53(51)77)66-32-18-20-34-68-60(84)48(38(6)22-16-14-10-2)70-58(82)46-30-28-42-26-24-40(36-76)50(62(86)74(42)46)72-56(80)44(12-4)64-8/h9-10,13-16,21-22,39-50,63-66,75-76H,5-6,11-12,17-20,23-36H2,1-4,7-8H3,(H,67,83)(H,68,84)(H,69,81)(H,70,82)(H,71,79)(H,72,80)/b13-9-,14-10-,21-15-,22-16-/t39-,40-,41+,42+,43+,44+,45+,46+,47+,48+,49+,50+/m1/s1. The first-order chi connectivity index (χ1) is 41.3. The Morgan fingerprint density at radius 1 is 0.535 bits per heavy atom. The minimum Gasteiger partial charge on any atom is -0.396 e. The number of allylic oxidation sites excluding steroid dienone is 6. The first-order valence-corrected chi connectivity index (χ1v) is 30.6. The number of hydrogen-bond donors (Lipinski definition) is 12. The van der Waals surface area contributed by atoms with Crippen molar-refractivity contribution in [2.24, 2.45) is 11.8 Å². The lowest BCUT2D eigenvalue weighted by atomic mass is 9.93. The van der Waals surface area contributed by atoms with Crippen molar-refractivity contribution in [1.82, 2.24) is 52.3 Å². The maximum atomic E-state index is 14.2. The van der Waals surface area contributed by atoms with Crippen LogP contribution in [-0.4, -0.2) is 181 Å². The van der Waals surface area contributed by atoms with Gasteiger partial charge in [-0.3, -0.25) is 47.9 Å². The predicted octanol–water partition coefficient (Wildman–Crippen LogP) is 0.735. The third-order valence-corrected chi connectivity index (χ3v) is 16.9. The summed E-state index contributed by atoms with van der Waals surface area (Å²) < 4.78 is 0. The number of aliphatic hydroxyl groups is 2. The number of nitrogens with one attached hydrogen (secondary N) is 10. The molecule has 0 radical (unpaired) electrons. The molecule has 1 aromatic rings. The van der Waals surface area contributed by atoms with Crippen molar-refractivity contribution in [2.45, 2.75) is 178 Å². The number of carbonyl (C=O) groups excluding carboxylic acids is 8.